The van der Waals surface area contributed by atoms with Crippen LogP contribution in [0.3, 0.4) is 0 Å². The summed E-state index contributed by atoms with van der Waals surface area (Å²) in [6, 6.07) is 6.20. The van der Waals surface area contributed by atoms with Crippen LogP contribution in [0.4, 0.5) is 17.6 Å². The second kappa shape index (κ2) is 7.37. The van der Waals surface area contributed by atoms with E-state index < -0.39 is 29.1 Å². The number of aromatic nitrogens is 1. The van der Waals surface area contributed by atoms with Gasteiger partial charge in [0.25, 0.3) is 11.7 Å². The maximum Gasteiger partial charge on any atom is 0.456 e. The van der Waals surface area contributed by atoms with Gasteiger partial charge in [0.15, 0.2) is 11.6 Å². The molecule has 2 aliphatic heterocycles. The van der Waals surface area contributed by atoms with Crippen LogP contribution < -0.4 is 0 Å². The van der Waals surface area contributed by atoms with Gasteiger partial charge in [-0.15, -0.1) is 0 Å². The average molecular weight is 441 g/mol. The molecule has 2 aromatic rings. The van der Waals surface area contributed by atoms with Crippen LogP contribution in [0, 0.1) is 5.82 Å². The number of hydrogen-bond donors (Lipinski definition) is 1. The summed E-state index contributed by atoms with van der Waals surface area (Å²) in [5.74, 6) is -3.64. The molecule has 0 radical (unpaired) electrons. The second-order valence-corrected chi connectivity index (χ2v) is 7.99. The van der Waals surface area contributed by atoms with Gasteiger partial charge in [0.05, 0.1) is 11.2 Å². The molecule has 4 rings (SSSR count). The summed E-state index contributed by atoms with van der Waals surface area (Å²) in [4.78, 5) is 28.3. The van der Waals surface area contributed by atoms with E-state index >= 15 is 0 Å². The number of phenolic OH excluding ortho intramolecular Hbond substituents is 1. The highest BCUT2D eigenvalue weighted by molar-refractivity contribution is 5.99. The number of piperidine rings is 1. The maximum atomic E-state index is 13.3. The van der Waals surface area contributed by atoms with Gasteiger partial charge in [-0.25, -0.2) is 4.39 Å². The molecule has 2 aliphatic rings. The first-order valence-corrected chi connectivity index (χ1v) is 9.85. The van der Waals surface area contributed by atoms with Crippen LogP contribution in [0.5, 0.6) is 5.75 Å². The van der Waals surface area contributed by atoms with Crippen LogP contribution >= 0.6 is 0 Å². The minimum Gasteiger partial charge on any atom is -0.505 e. The van der Waals surface area contributed by atoms with Gasteiger partial charge in [-0.05, 0) is 50.2 Å². The van der Waals surface area contributed by atoms with Gasteiger partial charge in [0.2, 0.25) is 0 Å². The molecule has 31 heavy (non-hydrogen) atoms. The van der Waals surface area contributed by atoms with Crippen LogP contribution in [-0.4, -0.2) is 64.0 Å². The number of alkyl halides is 3. The fourth-order valence-electron chi connectivity index (χ4n) is 4.66. The second-order valence-electron chi connectivity index (χ2n) is 7.99. The molecule has 168 valence electrons. The monoisotopic (exact) mass is 441 g/mol. The number of aromatic hydroxyl groups is 1. The quantitative estimate of drug-likeness (QED) is 0.573. The fraction of sp³-hybridized carbons (Fsp3) is 0.429. The molecule has 1 aromatic heterocycles. The van der Waals surface area contributed by atoms with Crippen LogP contribution in [-0.2, 0) is 12.1 Å². The number of ketones is 1. The lowest BCUT2D eigenvalue weighted by atomic mass is 9.81. The van der Waals surface area contributed by atoms with E-state index in [1.165, 1.54) is 16.7 Å². The molecule has 1 saturated heterocycles. The number of likely N-dealkylation sites (tertiary alicyclic amines) is 1. The third kappa shape index (κ3) is 3.48. The molecule has 0 atom stereocenters. The van der Waals surface area contributed by atoms with E-state index in [-0.39, 0.29) is 25.1 Å². The van der Waals surface area contributed by atoms with Crippen molar-refractivity contribution in [3.8, 4) is 5.75 Å². The van der Waals surface area contributed by atoms with Gasteiger partial charge in [-0.2, -0.15) is 13.2 Å². The molecule has 0 unspecified atom stereocenters. The van der Waals surface area contributed by atoms with E-state index in [1.54, 1.807) is 11.0 Å². The number of nitrogens with zero attached hydrogens (tertiary/aromatic N) is 3. The predicted molar refractivity (Wildman–Crippen MR) is 104 cm³/mol. The third-order valence-electron chi connectivity index (χ3n) is 6.41. The van der Waals surface area contributed by atoms with E-state index in [0.29, 0.717) is 38.2 Å². The molecule has 3 heterocycles. The normalized spacial score (nSPS) is 18.8. The molecule has 1 spiro atoms. The Morgan fingerprint density at radius 2 is 1.74 bits per heavy atom. The number of fused-ring (bicyclic) bond motifs is 2. The Morgan fingerprint density at radius 3 is 2.35 bits per heavy atom. The van der Waals surface area contributed by atoms with Crippen molar-refractivity contribution in [3.05, 3.63) is 53.1 Å². The number of rotatable bonds is 2. The zero-order chi connectivity index (χ0) is 22.6. The lowest BCUT2D eigenvalue weighted by molar-refractivity contribution is -0.0892. The molecule has 0 bridgehead atoms. The number of phenols is 1. The van der Waals surface area contributed by atoms with Crippen LogP contribution in [0.25, 0.3) is 0 Å². The van der Waals surface area contributed by atoms with Crippen molar-refractivity contribution in [2.24, 2.45) is 0 Å². The lowest BCUT2D eigenvalue weighted by Crippen LogP contribution is -2.56. The van der Waals surface area contributed by atoms with Crippen molar-refractivity contribution in [1.29, 1.82) is 0 Å². The summed E-state index contributed by atoms with van der Waals surface area (Å²) in [6.45, 7) is 1.40. The zero-order valence-corrected chi connectivity index (χ0v) is 16.7. The predicted octanol–water partition coefficient (Wildman–Crippen LogP) is 3.40. The number of halogens is 4. The van der Waals surface area contributed by atoms with Gasteiger partial charge < -0.3 is 14.6 Å². The molecule has 10 heteroatoms. The third-order valence-corrected chi connectivity index (χ3v) is 6.41. The highest BCUT2D eigenvalue weighted by Crippen LogP contribution is 2.42. The largest absolute Gasteiger partial charge is 0.505 e. The Balaban J connectivity index is 0.00000289. The van der Waals surface area contributed by atoms with Gasteiger partial charge in [0.1, 0.15) is 0 Å². The van der Waals surface area contributed by atoms with Gasteiger partial charge in [0, 0.05) is 38.9 Å². The number of benzene rings is 1. The van der Waals surface area contributed by atoms with Crippen molar-refractivity contribution in [3.63, 3.8) is 0 Å². The molecule has 6 nitrogen and oxygen atoms in total. The van der Waals surface area contributed by atoms with E-state index in [4.69, 9.17) is 0 Å². The minimum atomic E-state index is -4.94. The summed E-state index contributed by atoms with van der Waals surface area (Å²) in [5.41, 5.74) is -0.159. The molecule has 1 N–H and O–H groups in total. The van der Waals surface area contributed by atoms with Gasteiger partial charge in [-0.1, -0.05) is 0 Å². The van der Waals surface area contributed by atoms with Crippen LogP contribution in [0.1, 0.15) is 40.8 Å². The first-order valence-electron chi connectivity index (χ1n) is 9.85. The standard InChI is InChI=1S/C21H21F4N3O3.H2/c1-26-10-11-28-15(18(30)21(23,24)25)4-5-17(28)20(26)6-8-27(9-7-20)19(31)13-2-3-14(22)16(29)12-13;/h2-5,12,29H,6-11H2,1H3;1H. The van der Waals surface area contributed by atoms with Gasteiger partial charge in [-0.3, -0.25) is 14.5 Å². The Kier molecular flexibility index (Phi) is 5.07. The highest BCUT2D eigenvalue weighted by Gasteiger charge is 2.47. The number of Topliss-reactive ketones (excluding diaryl/α,β-unsaturated/α-hetero) is 1. The van der Waals surface area contributed by atoms with E-state index in [9.17, 15) is 32.3 Å². The number of carbonyl (C=O) groups is 2. The molecule has 1 amide bonds. The Hall–Kier alpha value is -2.88. The van der Waals surface area contributed by atoms with Crippen molar-refractivity contribution in [2.75, 3.05) is 26.7 Å². The van der Waals surface area contributed by atoms with Gasteiger partial charge >= 0.3 is 6.18 Å². The average Bonchev–Trinajstić information content (AvgIpc) is 3.16. The SMILES string of the molecule is CN1CCn2c(C(=O)C(F)(F)F)ccc2C12CCN(C(=O)c1ccc(F)c(O)c1)CC2.[HH]. The van der Waals surface area contributed by atoms with Crippen molar-refractivity contribution in [2.45, 2.75) is 31.1 Å². The smallest absolute Gasteiger partial charge is 0.456 e. The van der Waals surface area contributed by atoms with Crippen LogP contribution in [0.2, 0.25) is 0 Å². The number of hydrogen-bond acceptors (Lipinski definition) is 4. The minimum absolute atomic E-state index is 0. The Labute approximate surface area is 177 Å². The topological polar surface area (TPSA) is 65.8 Å². The molecule has 0 aliphatic carbocycles. The molecular weight excluding hydrogens is 418 g/mol. The van der Waals surface area contributed by atoms with Crippen molar-refractivity contribution < 1.29 is 33.7 Å². The molecular formula is C21H23F4N3O3. The first-order chi connectivity index (χ1) is 14.5. The number of amides is 1. The summed E-state index contributed by atoms with van der Waals surface area (Å²) in [6.07, 6.45) is -4.01. The summed E-state index contributed by atoms with van der Waals surface area (Å²) < 4.78 is 53.7. The van der Waals surface area contributed by atoms with E-state index in [2.05, 4.69) is 4.90 Å². The summed E-state index contributed by atoms with van der Waals surface area (Å²) in [5, 5.41) is 9.53. The Bertz CT molecular complexity index is 1050. The van der Waals surface area contributed by atoms with Crippen LogP contribution in [0.15, 0.2) is 30.3 Å². The summed E-state index contributed by atoms with van der Waals surface area (Å²) >= 11 is 0. The zero-order valence-electron chi connectivity index (χ0n) is 16.7. The lowest BCUT2D eigenvalue weighted by Gasteiger charge is -2.50. The summed E-state index contributed by atoms with van der Waals surface area (Å²) in [7, 11) is 1.89. The Morgan fingerprint density at radius 1 is 1.06 bits per heavy atom. The molecule has 0 saturated carbocycles. The van der Waals surface area contributed by atoms with Crippen molar-refractivity contribution >= 4 is 11.7 Å². The highest BCUT2D eigenvalue weighted by atomic mass is 19.4. The fourth-order valence-corrected chi connectivity index (χ4v) is 4.66. The number of carbonyl (C=O) groups excluding carboxylic acids is 2. The maximum absolute atomic E-state index is 13.3. The molecule has 1 aromatic carbocycles. The first kappa shape index (κ1) is 21.4. The van der Waals surface area contributed by atoms with E-state index in [0.717, 1.165) is 12.1 Å². The number of likely N-dealkylation sites (N-methyl/N-ethyl adjacent to an activating group) is 1. The molecule has 1 fully saturated rings. The van der Waals surface area contributed by atoms with E-state index in [1.807, 2.05) is 7.05 Å². The van der Waals surface area contributed by atoms with Crippen molar-refractivity contribution in [1.82, 2.24) is 14.4 Å².